The fraction of sp³-hybridized carbons (Fsp3) is 0.625. The molecule has 1 heterocycles. The number of para-hydroxylation sites is 1. The van der Waals surface area contributed by atoms with Gasteiger partial charge in [0.15, 0.2) is 9.84 Å². The average molecular weight is 310 g/mol. The fourth-order valence-corrected chi connectivity index (χ4v) is 4.40. The van der Waals surface area contributed by atoms with E-state index in [0.29, 0.717) is 17.2 Å². The molecule has 2 rings (SSSR count). The zero-order chi connectivity index (χ0) is 15.3. The molecule has 0 spiro atoms. The van der Waals surface area contributed by atoms with Crippen molar-refractivity contribution in [1.82, 2.24) is 4.90 Å². The Morgan fingerprint density at radius 3 is 2.71 bits per heavy atom. The third-order valence-corrected chi connectivity index (χ3v) is 6.07. The minimum Gasteiger partial charge on any atom is -0.384 e. The van der Waals surface area contributed by atoms with Gasteiger partial charge in [0.25, 0.3) is 0 Å². The van der Waals surface area contributed by atoms with Crippen LogP contribution in [0.2, 0.25) is 0 Å². The van der Waals surface area contributed by atoms with Crippen molar-refractivity contribution >= 4 is 15.5 Å². The van der Waals surface area contributed by atoms with Crippen molar-refractivity contribution < 1.29 is 8.42 Å². The van der Waals surface area contributed by atoms with Gasteiger partial charge in [-0.2, -0.15) is 0 Å². The number of anilines is 1. The summed E-state index contributed by atoms with van der Waals surface area (Å²) in [6.45, 7) is 8.27. The summed E-state index contributed by atoms with van der Waals surface area (Å²) < 4.78 is 24.6. The zero-order valence-electron chi connectivity index (χ0n) is 13.0. The zero-order valence-corrected chi connectivity index (χ0v) is 13.8. The van der Waals surface area contributed by atoms with Gasteiger partial charge in [0.1, 0.15) is 0 Å². The molecule has 21 heavy (non-hydrogen) atoms. The monoisotopic (exact) mass is 310 g/mol. The maximum Gasteiger partial charge on any atom is 0.180 e. The average Bonchev–Trinajstić information content (AvgIpc) is 2.93. The van der Waals surface area contributed by atoms with E-state index in [1.807, 2.05) is 19.1 Å². The van der Waals surface area contributed by atoms with Crippen molar-refractivity contribution in [3.05, 3.63) is 24.3 Å². The largest absolute Gasteiger partial charge is 0.384 e. The topological polar surface area (TPSA) is 49.4 Å². The third kappa shape index (κ3) is 4.20. The molecule has 0 amide bonds. The third-order valence-electron chi connectivity index (χ3n) is 4.09. The van der Waals surface area contributed by atoms with Gasteiger partial charge in [0, 0.05) is 13.1 Å². The summed E-state index contributed by atoms with van der Waals surface area (Å²) >= 11 is 0. The molecule has 1 fully saturated rings. The molecular weight excluding hydrogens is 284 g/mol. The minimum atomic E-state index is -3.18. The molecule has 1 saturated heterocycles. The van der Waals surface area contributed by atoms with Gasteiger partial charge < -0.3 is 10.2 Å². The molecule has 5 heteroatoms. The van der Waals surface area contributed by atoms with Crippen LogP contribution in [0.4, 0.5) is 5.69 Å². The Labute approximate surface area is 128 Å². The normalized spacial score (nSPS) is 19.8. The number of rotatable bonds is 7. The Hall–Kier alpha value is -1.07. The molecule has 0 bridgehead atoms. The Kier molecular flexibility index (Phi) is 5.65. The molecule has 0 aliphatic carbocycles. The number of hydrogen-bond acceptors (Lipinski definition) is 4. The van der Waals surface area contributed by atoms with Crippen LogP contribution >= 0.6 is 0 Å². The van der Waals surface area contributed by atoms with Crippen LogP contribution in [-0.2, 0) is 9.84 Å². The Morgan fingerprint density at radius 1 is 1.29 bits per heavy atom. The van der Waals surface area contributed by atoms with Crippen LogP contribution in [0.3, 0.4) is 0 Å². The molecule has 118 valence electrons. The van der Waals surface area contributed by atoms with Crippen molar-refractivity contribution in [3.63, 3.8) is 0 Å². The number of hydrogen-bond donors (Lipinski definition) is 1. The van der Waals surface area contributed by atoms with Gasteiger partial charge in [-0.15, -0.1) is 0 Å². The first-order valence-electron chi connectivity index (χ1n) is 7.84. The van der Waals surface area contributed by atoms with E-state index >= 15 is 0 Å². The SMILES string of the molecule is CCCS(=O)(=O)c1ccccc1NCC1CCN(CC)C1. The van der Waals surface area contributed by atoms with Gasteiger partial charge in [0.2, 0.25) is 0 Å². The van der Waals surface area contributed by atoms with Crippen LogP contribution in [0.5, 0.6) is 0 Å². The summed E-state index contributed by atoms with van der Waals surface area (Å²) in [7, 11) is -3.18. The molecule has 4 nitrogen and oxygen atoms in total. The maximum absolute atomic E-state index is 12.3. The highest BCUT2D eigenvalue weighted by Crippen LogP contribution is 2.24. The molecule has 1 aliphatic heterocycles. The molecule has 0 radical (unpaired) electrons. The van der Waals surface area contributed by atoms with Crippen LogP contribution in [-0.4, -0.2) is 45.2 Å². The summed E-state index contributed by atoms with van der Waals surface area (Å²) in [6, 6.07) is 7.26. The van der Waals surface area contributed by atoms with E-state index in [4.69, 9.17) is 0 Å². The quantitative estimate of drug-likeness (QED) is 0.841. The summed E-state index contributed by atoms with van der Waals surface area (Å²) in [5, 5.41) is 3.36. The summed E-state index contributed by atoms with van der Waals surface area (Å²) in [6.07, 6.45) is 1.83. The smallest absolute Gasteiger partial charge is 0.180 e. The lowest BCUT2D eigenvalue weighted by Gasteiger charge is -2.16. The second-order valence-corrected chi connectivity index (χ2v) is 7.82. The first-order chi connectivity index (χ1) is 10.1. The molecule has 0 saturated carbocycles. The lowest BCUT2D eigenvalue weighted by atomic mass is 10.1. The van der Waals surface area contributed by atoms with E-state index < -0.39 is 9.84 Å². The molecule has 1 atom stereocenters. The van der Waals surface area contributed by atoms with E-state index in [-0.39, 0.29) is 5.75 Å². The van der Waals surface area contributed by atoms with E-state index in [2.05, 4.69) is 17.1 Å². The number of likely N-dealkylation sites (tertiary alicyclic amines) is 1. The van der Waals surface area contributed by atoms with Crippen molar-refractivity contribution in [2.24, 2.45) is 5.92 Å². The maximum atomic E-state index is 12.3. The molecule has 1 aliphatic rings. The number of benzene rings is 1. The van der Waals surface area contributed by atoms with Crippen LogP contribution in [0.15, 0.2) is 29.2 Å². The fourth-order valence-electron chi connectivity index (χ4n) is 2.88. The van der Waals surface area contributed by atoms with Crippen molar-refractivity contribution in [2.75, 3.05) is 37.2 Å². The van der Waals surface area contributed by atoms with Crippen molar-refractivity contribution in [1.29, 1.82) is 0 Å². The minimum absolute atomic E-state index is 0.207. The first-order valence-corrected chi connectivity index (χ1v) is 9.50. The Balaban J connectivity index is 2.04. The predicted molar refractivity (Wildman–Crippen MR) is 87.5 cm³/mol. The number of nitrogens with one attached hydrogen (secondary N) is 1. The van der Waals surface area contributed by atoms with Gasteiger partial charge in [-0.25, -0.2) is 8.42 Å². The Morgan fingerprint density at radius 2 is 2.05 bits per heavy atom. The number of nitrogens with zero attached hydrogens (tertiary/aromatic N) is 1. The van der Waals surface area contributed by atoms with E-state index in [1.54, 1.807) is 12.1 Å². The second-order valence-electron chi connectivity index (χ2n) is 5.74. The molecule has 1 unspecified atom stereocenters. The summed E-state index contributed by atoms with van der Waals surface area (Å²) in [5.74, 6) is 0.811. The van der Waals surface area contributed by atoms with Crippen LogP contribution in [0.1, 0.15) is 26.7 Å². The highest BCUT2D eigenvalue weighted by molar-refractivity contribution is 7.91. The molecule has 1 aromatic rings. The van der Waals surface area contributed by atoms with Crippen molar-refractivity contribution in [2.45, 2.75) is 31.6 Å². The summed E-state index contributed by atoms with van der Waals surface area (Å²) in [4.78, 5) is 2.88. The van der Waals surface area contributed by atoms with Gasteiger partial charge >= 0.3 is 0 Å². The highest BCUT2D eigenvalue weighted by Gasteiger charge is 2.22. The predicted octanol–water partition coefficient (Wildman–Crippen LogP) is 2.62. The molecule has 1 aromatic carbocycles. The van der Waals surface area contributed by atoms with Crippen LogP contribution in [0.25, 0.3) is 0 Å². The van der Waals surface area contributed by atoms with Gasteiger partial charge in [-0.3, -0.25) is 0 Å². The van der Waals surface area contributed by atoms with E-state index in [0.717, 1.165) is 31.9 Å². The summed E-state index contributed by atoms with van der Waals surface area (Å²) in [5.41, 5.74) is 0.751. The Bertz CT molecular complexity index is 557. The lowest BCUT2D eigenvalue weighted by molar-refractivity contribution is 0.345. The molecule has 1 N–H and O–H groups in total. The first kappa shape index (κ1) is 16.3. The van der Waals surface area contributed by atoms with Gasteiger partial charge in [-0.05, 0) is 44.0 Å². The lowest BCUT2D eigenvalue weighted by Crippen LogP contribution is -2.23. The van der Waals surface area contributed by atoms with Crippen LogP contribution in [0, 0.1) is 5.92 Å². The molecular formula is C16H26N2O2S. The standard InChI is InChI=1S/C16H26N2O2S/c1-3-11-21(19,20)16-8-6-5-7-15(16)17-12-14-9-10-18(4-2)13-14/h5-8,14,17H,3-4,9-13H2,1-2H3. The van der Waals surface area contributed by atoms with Crippen molar-refractivity contribution in [3.8, 4) is 0 Å². The van der Waals surface area contributed by atoms with E-state index in [1.165, 1.54) is 6.42 Å². The number of sulfone groups is 1. The van der Waals surface area contributed by atoms with Crippen LogP contribution < -0.4 is 5.32 Å². The van der Waals surface area contributed by atoms with E-state index in [9.17, 15) is 8.42 Å². The molecule has 0 aromatic heterocycles. The second kappa shape index (κ2) is 7.27. The highest BCUT2D eigenvalue weighted by atomic mass is 32.2. The van der Waals surface area contributed by atoms with Gasteiger partial charge in [-0.1, -0.05) is 26.0 Å². The van der Waals surface area contributed by atoms with Gasteiger partial charge in [0.05, 0.1) is 16.3 Å².